The summed E-state index contributed by atoms with van der Waals surface area (Å²) in [5, 5.41) is 16.9. The zero-order valence-electron chi connectivity index (χ0n) is 3.57. The molecule has 0 atom stereocenters. The van der Waals surface area contributed by atoms with E-state index in [1.54, 1.807) is 0 Å². The maximum Gasteiger partial charge on any atom is 1.00 e. The first kappa shape index (κ1) is 15.7. The molecule has 0 amide bonds. The Labute approximate surface area is 81.2 Å². The van der Waals surface area contributed by atoms with Crippen LogP contribution in [0, 0.1) is 15.0 Å². The van der Waals surface area contributed by atoms with Crippen LogP contribution in [-0.4, -0.2) is 5.21 Å². The Morgan fingerprint density at radius 1 is 1.43 bits per heavy atom. The predicted octanol–water partition coefficient (Wildman–Crippen LogP) is -2.60. The van der Waals surface area contributed by atoms with Crippen LogP contribution >= 0.6 is 0 Å². The number of nitrogens with zero attached hydrogens (tertiary/aromatic N) is 2. The van der Waals surface area contributed by atoms with E-state index in [9.17, 15) is 0 Å². The third kappa shape index (κ3) is 665. The monoisotopic (exact) mass is 132 g/mol. The van der Waals surface area contributed by atoms with E-state index >= 15 is 0 Å². The predicted molar refractivity (Wildman–Crippen MR) is 16.7 cm³/mol. The van der Waals surface area contributed by atoms with Crippen LogP contribution < -0.4 is 51.4 Å². The SMILES string of the molecule is O=NO.O=N[O-].[K+]. The molecule has 1 N–H and O–H groups in total. The molecule has 0 aliphatic heterocycles. The maximum absolute atomic E-state index is 8.11. The molecule has 0 aliphatic rings. The zero-order chi connectivity index (χ0) is 5.41. The van der Waals surface area contributed by atoms with Crippen LogP contribution in [0.3, 0.4) is 0 Å². The van der Waals surface area contributed by atoms with E-state index in [-0.39, 0.29) is 51.4 Å². The van der Waals surface area contributed by atoms with Gasteiger partial charge in [0, 0.05) is 0 Å². The summed E-state index contributed by atoms with van der Waals surface area (Å²) in [7, 11) is 0. The molecule has 0 saturated heterocycles. The molecule has 7 heteroatoms. The molecule has 7 heavy (non-hydrogen) atoms. The maximum atomic E-state index is 8.11. The van der Waals surface area contributed by atoms with Gasteiger partial charge in [-0.25, -0.2) is 0 Å². The molecular formula is HKN2O4. The Morgan fingerprint density at radius 3 is 1.43 bits per heavy atom. The van der Waals surface area contributed by atoms with E-state index in [0.29, 0.717) is 0 Å². The van der Waals surface area contributed by atoms with Gasteiger partial charge < -0.3 is 15.3 Å². The van der Waals surface area contributed by atoms with E-state index in [0.717, 1.165) is 5.34 Å². The second-order valence-electron chi connectivity index (χ2n) is 0.156. The quantitative estimate of drug-likeness (QED) is 0.222. The van der Waals surface area contributed by atoms with E-state index < -0.39 is 0 Å². The number of rotatable bonds is 0. The van der Waals surface area contributed by atoms with Crippen molar-refractivity contribution in [2.75, 3.05) is 0 Å². The molecule has 0 unspecified atom stereocenters. The summed E-state index contributed by atoms with van der Waals surface area (Å²) in [6.07, 6.45) is 0. The third-order valence-electron chi connectivity index (χ3n) is 0. The summed E-state index contributed by atoms with van der Waals surface area (Å²) >= 11 is 0. The van der Waals surface area contributed by atoms with Gasteiger partial charge in [0.2, 0.25) is 0 Å². The van der Waals surface area contributed by atoms with E-state index in [1.807, 2.05) is 0 Å². The van der Waals surface area contributed by atoms with Crippen molar-refractivity contribution in [1.82, 2.24) is 0 Å². The van der Waals surface area contributed by atoms with E-state index in [2.05, 4.69) is 0 Å². The summed E-state index contributed by atoms with van der Waals surface area (Å²) in [6, 6.07) is 0. The third-order valence-corrected chi connectivity index (χ3v) is 0. The smallest absolute Gasteiger partial charge is 0.444 e. The van der Waals surface area contributed by atoms with Crippen molar-refractivity contribution >= 4 is 0 Å². The van der Waals surface area contributed by atoms with Crippen LogP contribution in [0.4, 0.5) is 0 Å². The topological polar surface area (TPSA) is 102 Å². The van der Waals surface area contributed by atoms with Crippen LogP contribution in [0.25, 0.3) is 0 Å². The molecule has 0 aromatic heterocycles. The molecule has 0 aromatic rings. The van der Waals surface area contributed by atoms with Gasteiger partial charge in [0.25, 0.3) is 0 Å². The Morgan fingerprint density at radius 2 is 1.43 bits per heavy atom. The number of hydrogen-bond donors (Lipinski definition) is 1. The van der Waals surface area contributed by atoms with Crippen molar-refractivity contribution in [2.24, 2.45) is 10.7 Å². The van der Waals surface area contributed by atoms with Crippen molar-refractivity contribution in [3.05, 3.63) is 15.0 Å². The molecule has 0 radical (unpaired) electrons. The van der Waals surface area contributed by atoms with Crippen molar-refractivity contribution in [2.45, 2.75) is 0 Å². The Kier molecular flexibility index (Phi) is 71.7. The second-order valence-corrected chi connectivity index (χ2v) is 0.156. The normalized spacial score (nSPS) is 3.43. The fourth-order valence-corrected chi connectivity index (χ4v) is 0. The first-order valence-corrected chi connectivity index (χ1v) is 0.748. The summed E-state index contributed by atoms with van der Waals surface area (Å²) in [4.78, 5) is 16.1. The summed E-state index contributed by atoms with van der Waals surface area (Å²) in [6.45, 7) is 0. The molecule has 0 heterocycles. The molecule has 0 aliphatic carbocycles. The minimum absolute atomic E-state index is 0. The van der Waals surface area contributed by atoms with Gasteiger partial charge in [-0.3, -0.25) is 0 Å². The van der Waals surface area contributed by atoms with Crippen molar-refractivity contribution in [1.29, 1.82) is 0 Å². The summed E-state index contributed by atoms with van der Waals surface area (Å²) < 4.78 is 0. The van der Waals surface area contributed by atoms with Gasteiger partial charge in [0.15, 0.2) is 5.34 Å². The average Bonchev–Trinajstić information content (AvgIpc) is 1.39. The van der Waals surface area contributed by atoms with Crippen LogP contribution in [0.1, 0.15) is 0 Å². The Bertz CT molecular complexity index is 30.7. The minimum Gasteiger partial charge on any atom is -0.444 e. The van der Waals surface area contributed by atoms with Crippen LogP contribution in [0.2, 0.25) is 0 Å². The molecule has 0 rings (SSSR count). The van der Waals surface area contributed by atoms with Gasteiger partial charge in [-0.2, -0.15) is 0 Å². The van der Waals surface area contributed by atoms with Crippen LogP contribution in [0.5, 0.6) is 0 Å². The standard InChI is InChI=1S/K.2HNO2/c;2*2-1-3/h;2*(H,2,3)/q+1;;/p-1. The van der Waals surface area contributed by atoms with E-state index in [4.69, 9.17) is 20.2 Å². The molecular weight excluding hydrogens is 131 g/mol. The number of hydrogen-bond acceptors (Lipinski definition) is 5. The van der Waals surface area contributed by atoms with Gasteiger partial charge in [-0.1, -0.05) is 0 Å². The van der Waals surface area contributed by atoms with Gasteiger partial charge in [-0.15, -0.1) is 10.2 Å². The fraction of sp³-hybridized carbons (Fsp3) is 0. The summed E-state index contributed by atoms with van der Waals surface area (Å²) in [5.74, 6) is 0. The first-order chi connectivity index (χ1) is 2.83. The van der Waals surface area contributed by atoms with Gasteiger partial charge in [0.05, 0.1) is 0 Å². The first-order valence-electron chi connectivity index (χ1n) is 0.748. The van der Waals surface area contributed by atoms with Gasteiger partial charge in [0.1, 0.15) is 0 Å². The molecule has 36 valence electrons. The van der Waals surface area contributed by atoms with Crippen LogP contribution in [0.15, 0.2) is 10.7 Å². The van der Waals surface area contributed by atoms with Crippen molar-refractivity contribution in [3.8, 4) is 0 Å². The van der Waals surface area contributed by atoms with Crippen molar-refractivity contribution in [3.63, 3.8) is 0 Å². The van der Waals surface area contributed by atoms with Gasteiger partial charge in [-0.05, 0) is 0 Å². The summed E-state index contributed by atoms with van der Waals surface area (Å²) in [5.41, 5.74) is 0. The second kappa shape index (κ2) is 32.0. The van der Waals surface area contributed by atoms with Crippen LogP contribution in [-0.2, 0) is 0 Å². The van der Waals surface area contributed by atoms with Gasteiger partial charge >= 0.3 is 51.4 Å². The molecule has 0 saturated carbocycles. The minimum atomic E-state index is 0. The molecule has 0 bridgehead atoms. The molecule has 0 fully saturated rings. The molecule has 0 spiro atoms. The average molecular weight is 132 g/mol. The Balaban J connectivity index is -0.0000000400. The molecule has 6 nitrogen and oxygen atoms in total. The fourth-order valence-electron chi connectivity index (χ4n) is 0. The van der Waals surface area contributed by atoms with E-state index in [1.165, 1.54) is 5.34 Å². The Hall–Kier alpha value is 0.436. The zero-order valence-corrected chi connectivity index (χ0v) is 6.69. The largest absolute Gasteiger partial charge is 1.00 e. The molecule has 0 aromatic carbocycles. The van der Waals surface area contributed by atoms with Crippen molar-refractivity contribution < 1.29 is 56.6 Å².